The molecule has 1 aromatic carbocycles. The van der Waals surface area contributed by atoms with Gasteiger partial charge in [-0.15, -0.1) is 0 Å². The number of hydrogen-bond donors (Lipinski definition) is 2. The summed E-state index contributed by atoms with van der Waals surface area (Å²) in [4.78, 5) is 11.5. The van der Waals surface area contributed by atoms with Crippen molar-refractivity contribution in [2.24, 2.45) is 0 Å². The van der Waals surface area contributed by atoms with Crippen LogP contribution in [0.25, 0.3) is 0 Å². The number of aliphatic hydroxyl groups is 1. The Morgan fingerprint density at radius 1 is 1.32 bits per heavy atom. The van der Waals surface area contributed by atoms with Crippen LogP contribution in [0.3, 0.4) is 0 Å². The van der Waals surface area contributed by atoms with Gasteiger partial charge < -0.3 is 15.2 Å². The van der Waals surface area contributed by atoms with Gasteiger partial charge in [0, 0.05) is 5.69 Å². The summed E-state index contributed by atoms with van der Waals surface area (Å²) < 4.78 is 4.59. The van der Waals surface area contributed by atoms with Crippen LogP contribution in [-0.2, 0) is 22.4 Å². The van der Waals surface area contributed by atoms with Gasteiger partial charge in [0.15, 0.2) is 5.60 Å². The van der Waals surface area contributed by atoms with E-state index < -0.39 is 11.6 Å². The van der Waals surface area contributed by atoms with Gasteiger partial charge in [0.1, 0.15) is 0 Å². The van der Waals surface area contributed by atoms with Crippen LogP contribution in [0.1, 0.15) is 31.9 Å². The van der Waals surface area contributed by atoms with E-state index in [1.165, 1.54) is 25.2 Å². The summed E-state index contributed by atoms with van der Waals surface area (Å²) in [7, 11) is 1.27. The number of carbonyl (C=O) groups is 1. The van der Waals surface area contributed by atoms with Gasteiger partial charge in [-0.25, -0.2) is 4.79 Å². The van der Waals surface area contributed by atoms with Crippen LogP contribution in [0.15, 0.2) is 18.2 Å². The van der Waals surface area contributed by atoms with E-state index in [1.807, 2.05) is 18.2 Å². The molecule has 0 spiro atoms. The molecular weight excluding hydrogens is 242 g/mol. The molecule has 1 rings (SSSR count). The maximum absolute atomic E-state index is 11.5. The zero-order chi connectivity index (χ0) is 14.5. The number of methoxy groups -OCH3 is 1. The number of nitrogens with one attached hydrogen (secondary N) is 1. The minimum atomic E-state index is -1.53. The second kappa shape index (κ2) is 6.57. The summed E-state index contributed by atoms with van der Waals surface area (Å²) in [5.41, 5.74) is 1.84. The molecule has 4 heteroatoms. The minimum Gasteiger partial charge on any atom is -0.467 e. The van der Waals surface area contributed by atoms with Crippen molar-refractivity contribution in [1.29, 1.82) is 0 Å². The summed E-state index contributed by atoms with van der Waals surface area (Å²) in [5, 5.41) is 13.2. The van der Waals surface area contributed by atoms with E-state index in [0.717, 1.165) is 18.5 Å². The number of aryl methyl sites for hydroxylation is 2. The second-order valence-electron chi connectivity index (χ2n) is 4.78. The van der Waals surface area contributed by atoms with Gasteiger partial charge in [-0.2, -0.15) is 0 Å². The Bertz CT molecular complexity index is 419. The highest BCUT2D eigenvalue weighted by atomic mass is 16.5. The molecule has 0 amide bonds. The SMILES string of the molecule is CCc1cccc(CC)c1NCC(C)(O)C(=O)OC. The Morgan fingerprint density at radius 3 is 2.26 bits per heavy atom. The standard InChI is InChI=1S/C15H23NO3/c1-5-11-8-7-9-12(6-2)13(11)16-10-15(3,18)14(17)19-4/h7-9,16,18H,5-6,10H2,1-4H3. The van der Waals surface area contributed by atoms with Gasteiger partial charge >= 0.3 is 5.97 Å². The largest absolute Gasteiger partial charge is 0.467 e. The molecule has 1 atom stereocenters. The third-order valence-corrected chi connectivity index (χ3v) is 3.23. The maximum Gasteiger partial charge on any atom is 0.339 e. The second-order valence-corrected chi connectivity index (χ2v) is 4.78. The molecule has 0 radical (unpaired) electrons. The van der Waals surface area contributed by atoms with Crippen molar-refractivity contribution in [3.63, 3.8) is 0 Å². The lowest BCUT2D eigenvalue weighted by Gasteiger charge is -2.23. The fraction of sp³-hybridized carbons (Fsp3) is 0.533. The van der Waals surface area contributed by atoms with Crippen molar-refractivity contribution in [2.45, 2.75) is 39.2 Å². The van der Waals surface area contributed by atoms with Gasteiger partial charge in [-0.05, 0) is 30.9 Å². The van der Waals surface area contributed by atoms with E-state index in [1.54, 1.807) is 0 Å². The van der Waals surface area contributed by atoms with Gasteiger partial charge in [0.2, 0.25) is 0 Å². The molecule has 1 unspecified atom stereocenters. The normalized spacial score (nSPS) is 13.7. The molecule has 0 aliphatic rings. The Balaban J connectivity index is 2.91. The van der Waals surface area contributed by atoms with E-state index in [4.69, 9.17) is 0 Å². The first-order chi connectivity index (χ1) is 8.96. The molecule has 0 fully saturated rings. The number of esters is 1. The lowest BCUT2D eigenvalue weighted by atomic mass is 10.0. The highest BCUT2D eigenvalue weighted by Crippen LogP contribution is 2.23. The summed E-state index contributed by atoms with van der Waals surface area (Å²) in [6.45, 7) is 5.74. The highest BCUT2D eigenvalue weighted by Gasteiger charge is 2.31. The van der Waals surface area contributed by atoms with Gasteiger partial charge in [0.25, 0.3) is 0 Å². The van der Waals surface area contributed by atoms with E-state index in [-0.39, 0.29) is 6.54 Å². The topological polar surface area (TPSA) is 58.6 Å². The summed E-state index contributed by atoms with van der Waals surface area (Å²) in [6, 6.07) is 6.13. The van der Waals surface area contributed by atoms with Crippen LogP contribution in [0.5, 0.6) is 0 Å². The average molecular weight is 265 g/mol. The molecule has 0 aromatic heterocycles. The molecule has 19 heavy (non-hydrogen) atoms. The van der Waals surface area contributed by atoms with Crippen molar-refractivity contribution >= 4 is 11.7 Å². The highest BCUT2D eigenvalue weighted by molar-refractivity contribution is 5.79. The average Bonchev–Trinajstić information content (AvgIpc) is 2.43. The van der Waals surface area contributed by atoms with Crippen LogP contribution in [-0.4, -0.2) is 30.3 Å². The predicted octanol–water partition coefficient (Wildman–Crippen LogP) is 2.15. The molecule has 1 aromatic rings. The first-order valence-corrected chi connectivity index (χ1v) is 6.61. The third kappa shape index (κ3) is 3.70. The van der Waals surface area contributed by atoms with E-state index in [9.17, 15) is 9.90 Å². The van der Waals surface area contributed by atoms with Crippen LogP contribution in [0, 0.1) is 0 Å². The Kier molecular flexibility index (Phi) is 5.36. The lowest BCUT2D eigenvalue weighted by Crippen LogP contribution is -2.43. The van der Waals surface area contributed by atoms with E-state index in [0.29, 0.717) is 0 Å². The van der Waals surface area contributed by atoms with Crippen LogP contribution < -0.4 is 5.32 Å². The maximum atomic E-state index is 11.5. The molecule has 106 valence electrons. The third-order valence-electron chi connectivity index (χ3n) is 3.23. The van der Waals surface area contributed by atoms with Crippen molar-refractivity contribution in [1.82, 2.24) is 0 Å². The Labute approximate surface area is 114 Å². The summed E-state index contributed by atoms with van der Waals surface area (Å²) in [6.07, 6.45) is 1.80. The molecule has 0 bridgehead atoms. The number of anilines is 1. The zero-order valence-corrected chi connectivity index (χ0v) is 12.1. The molecule has 0 saturated heterocycles. The predicted molar refractivity (Wildman–Crippen MR) is 76.3 cm³/mol. The van der Waals surface area contributed by atoms with Crippen LogP contribution in [0.2, 0.25) is 0 Å². The summed E-state index contributed by atoms with van der Waals surface area (Å²) >= 11 is 0. The molecule has 0 heterocycles. The fourth-order valence-corrected chi connectivity index (χ4v) is 2.02. The van der Waals surface area contributed by atoms with E-state index >= 15 is 0 Å². The van der Waals surface area contributed by atoms with Crippen LogP contribution >= 0.6 is 0 Å². The van der Waals surface area contributed by atoms with Crippen LogP contribution in [0.4, 0.5) is 5.69 Å². The number of carbonyl (C=O) groups excluding carboxylic acids is 1. The van der Waals surface area contributed by atoms with Crippen molar-refractivity contribution in [3.8, 4) is 0 Å². The summed E-state index contributed by atoms with van der Waals surface area (Å²) in [5.74, 6) is -0.632. The lowest BCUT2D eigenvalue weighted by molar-refractivity contribution is -0.158. The number of benzene rings is 1. The molecule has 4 nitrogen and oxygen atoms in total. The Morgan fingerprint density at radius 2 is 1.84 bits per heavy atom. The van der Waals surface area contributed by atoms with Crippen molar-refractivity contribution < 1.29 is 14.6 Å². The number of para-hydroxylation sites is 1. The first kappa shape index (κ1) is 15.5. The van der Waals surface area contributed by atoms with Gasteiger partial charge in [0.05, 0.1) is 13.7 Å². The Hall–Kier alpha value is -1.55. The smallest absolute Gasteiger partial charge is 0.339 e. The number of ether oxygens (including phenoxy) is 1. The fourth-order valence-electron chi connectivity index (χ4n) is 2.02. The zero-order valence-electron chi connectivity index (χ0n) is 12.1. The van der Waals surface area contributed by atoms with Crippen molar-refractivity contribution in [2.75, 3.05) is 19.0 Å². The van der Waals surface area contributed by atoms with Gasteiger partial charge in [-0.3, -0.25) is 0 Å². The number of rotatable bonds is 6. The van der Waals surface area contributed by atoms with Gasteiger partial charge in [-0.1, -0.05) is 32.0 Å². The van der Waals surface area contributed by atoms with E-state index in [2.05, 4.69) is 23.9 Å². The minimum absolute atomic E-state index is 0.129. The quantitative estimate of drug-likeness (QED) is 0.774. The molecule has 0 aliphatic carbocycles. The molecule has 0 saturated carbocycles. The molecule has 2 N–H and O–H groups in total. The first-order valence-electron chi connectivity index (χ1n) is 6.61. The van der Waals surface area contributed by atoms with Crippen molar-refractivity contribution in [3.05, 3.63) is 29.3 Å². The molecule has 0 aliphatic heterocycles. The monoisotopic (exact) mass is 265 g/mol. The number of hydrogen-bond acceptors (Lipinski definition) is 4. The molecular formula is C15H23NO3.